The molecular formula is C9H16N2O. The molecule has 0 heterocycles. The number of hydrogen-bond acceptors (Lipinski definition) is 1. The molecule has 0 saturated heterocycles. The monoisotopic (exact) mass is 168 g/mol. The Hall–Kier alpha value is -0.950. The fourth-order valence-electron chi connectivity index (χ4n) is 1.03. The molecule has 0 radical (unpaired) electrons. The van der Waals surface area contributed by atoms with Gasteiger partial charge in [-0.05, 0) is 6.42 Å². The number of rotatable bonds is 7. The molecule has 0 unspecified atom stereocenters. The lowest BCUT2D eigenvalue weighted by Gasteiger charge is -1.95. The highest BCUT2D eigenvalue weighted by atomic mass is 16.1. The van der Waals surface area contributed by atoms with Crippen molar-refractivity contribution in [2.75, 3.05) is 0 Å². The van der Waals surface area contributed by atoms with Gasteiger partial charge in [0.25, 0.3) is 0 Å². The second-order valence-corrected chi connectivity index (χ2v) is 2.88. The quantitative estimate of drug-likeness (QED) is 0.249. The van der Waals surface area contributed by atoms with E-state index in [9.17, 15) is 4.79 Å². The maximum Gasteiger partial charge on any atom is 0.323 e. The van der Waals surface area contributed by atoms with Crippen molar-refractivity contribution in [3.63, 3.8) is 0 Å². The van der Waals surface area contributed by atoms with Gasteiger partial charge >= 0.3 is 6.21 Å². The van der Waals surface area contributed by atoms with Gasteiger partial charge in [-0.3, -0.25) is 4.79 Å². The summed E-state index contributed by atoms with van der Waals surface area (Å²) in [6, 6.07) is 0. The molecule has 3 nitrogen and oxygen atoms in total. The molecule has 0 aliphatic heterocycles. The Balaban J connectivity index is 3.19. The predicted molar refractivity (Wildman–Crippen MR) is 48.1 cm³/mol. The zero-order chi connectivity index (χ0) is 9.23. The van der Waals surface area contributed by atoms with E-state index in [0.717, 1.165) is 19.1 Å². The predicted octanol–water partition coefficient (Wildman–Crippen LogP) is 2.22. The van der Waals surface area contributed by atoms with Gasteiger partial charge < -0.3 is 5.53 Å². The Bertz CT molecular complexity index is 171. The third-order valence-corrected chi connectivity index (χ3v) is 1.73. The van der Waals surface area contributed by atoms with Gasteiger partial charge in [0.15, 0.2) is 0 Å². The minimum Gasteiger partial charge on any atom is -0.361 e. The van der Waals surface area contributed by atoms with E-state index in [-0.39, 0.29) is 5.78 Å². The van der Waals surface area contributed by atoms with E-state index < -0.39 is 0 Å². The largest absolute Gasteiger partial charge is 0.361 e. The summed E-state index contributed by atoms with van der Waals surface area (Å²) in [6.45, 7) is 2.16. The molecule has 0 saturated carbocycles. The smallest absolute Gasteiger partial charge is 0.323 e. The molecule has 0 aromatic rings. The van der Waals surface area contributed by atoms with Crippen LogP contribution in [0.15, 0.2) is 0 Å². The van der Waals surface area contributed by atoms with Crippen molar-refractivity contribution < 1.29 is 9.58 Å². The van der Waals surface area contributed by atoms with Crippen LogP contribution in [0.5, 0.6) is 0 Å². The van der Waals surface area contributed by atoms with Crippen LogP contribution in [0.3, 0.4) is 0 Å². The van der Waals surface area contributed by atoms with Gasteiger partial charge in [-0.1, -0.05) is 32.6 Å². The van der Waals surface area contributed by atoms with Crippen LogP contribution >= 0.6 is 0 Å². The highest BCUT2D eigenvalue weighted by molar-refractivity contribution is 6.25. The van der Waals surface area contributed by atoms with Crippen molar-refractivity contribution >= 4 is 12.0 Å². The van der Waals surface area contributed by atoms with Crippen molar-refractivity contribution in [1.82, 2.24) is 0 Å². The Labute approximate surface area is 73.4 Å². The summed E-state index contributed by atoms with van der Waals surface area (Å²) in [5.41, 5.74) is 8.03. The van der Waals surface area contributed by atoms with E-state index >= 15 is 0 Å². The molecule has 0 amide bonds. The van der Waals surface area contributed by atoms with Crippen LogP contribution in [-0.4, -0.2) is 16.8 Å². The lowest BCUT2D eigenvalue weighted by atomic mass is 10.1. The van der Waals surface area contributed by atoms with Crippen molar-refractivity contribution in [3.05, 3.63) is 5.53 Å². The highest BCUT2D eigenvalue weighted by Gasteiger charge is 2.00. The van der Waals surface area contributed by atoms with E-state index in [2.05, 4.69) is 11.7 Å². The summed E-state index contributed by atoms with van der Waals surface area (Å²) >= 11 is 0. The van der Waals surface area contributed by atoms with Crippen LogP contribution in [0.4, 0.5) is 0 Å². The molecule has 0 atom stereocenters. The first-order chi connectivity index (χ1) is 5.81. The Morgan fingerprint density at radius 1 is 1.33 bits per heavy atom. The van der Waals surface area contributed by atoms with E-state index in [1.807, 2.05) is 0 Å². The van der Waals surface area contributed by atoms with Crippen molar-refractivity contribution in [2.45, 2.75) is 45.4 Å². The Kier molecular flexibility index (Phi) is 7.50. The van der Waals surface area contributed by atoms with Crippen LogP contribution in [0.2, 0.25) is 0 Å². The summed E-state index contributed by atoms with van der Waals surface area (Å²) in [7, 11) is 0. The maximum atomic E-state index is 10.8. The standard InChI is InChI=1S/C9H16N2O/c1-2-3-4-5-6-7-9(12)8-11-10/h8H,2-7H2,1H3. The van der Waals surface area contributed by atoms with Gasteiger partial charge in [0.2, 0.25) is 5.78 Å². The summed E-state index contributed by atoms with van der Waals surface area (Å²) in [5.74, 6) is -0.0889. The summed E-state index contributed by atoms with van der Waals surface area (Å²) < 4.78 is 0. The van der Waals surface area contributed by atoms with Crippen molar-refractivity contribution in [1.29, 1.82) is 0 Å². The Morgan fingerprint density at radius 3 is 2.58 bits per heavy atom. The van der Waals surface area contributed by atoms with Crippen molar-refractivity contribution in [2.24, 2.45) is 0 Å². The van der Waals surface area contributed by atoms with Gasteiger partial charge in [0.05, 0.1) is 0 Å². The van der Waals surface area contributed by atoms with Crippen molar-refractivity contribution in [3.8, 4) is 0 Å². The lowest BCUT2D eigenvalue weighted by molar-refractivity contribution is -0.116. The zero-order valence-electron chi connectivity index (χ0n) is 7.62. The average Bonchev–Trinajstić information content (AvgIpc) is 2.05. The number of carbonyl (C=O) groups is 1. The first kappa shape index (κ1) is 11.1. The first-order valence-electron chi connectivity index (χ1n) is 4.51. The van der Waals surface area contributed by atoms with E-state index in [1.54, 1.807) is 0 Å². The summed E-state index contributed by atoms with van der Waals surface area (Å²) in [6.07, 6.45) is 7.13. The maximum absolute atomic E-state index is 10.8. The van der Waals surface area contributed by atoms with Gasteiger partial charge in [0, 0.05) is 6.42 Å². The van der Waals surface area contributed by atoms with E-state index in [0.29, 0.717) is 6.42 Å². The highest BCUT2D eigenvalue weighted by Crippen LogP contribution is 2.04. The molecule has 12 heavy (non-hydrogen) atoms. The van der Waals surface area contributed by atoms with Crippen LogP contribution in [0.1, 0.15) is 45.4 Å². The molecule has 0 aromatic heterocycles. The average molecular weight is 168 g/mol. The topological polar surface area (TPSA) is 53.5 Å². The number of carbonyl (C=O) groups excluding carboxylic acids is 1. The zero-order valence-corrected chi connectivity index (χ0v) is 7.62. The molecule has 0 fully saturated rings. The second-order valence-electron chi connectivity index (χ2n) is 2.88. The van der Waals surface area contributed by atoms with Crippen LogP contribution < -0.4 is 0 Å². The minimum atomic E-state index is -0.0889. The molecular weight excluding hydrogens is 152 g/mol. The normalized spacial score (nSPS) is 9.08. The van der Waals surface area contributed by atoms with Gasteiger partial charge in [-0.25, -0.2) is 0 Å². The van der Waals surface area contributed by atoms with Crippen LogP contribution in [-0.2, 0) is 4.79 Å². The molecule has 0 N–H and O–H groups in total. The molecule has 0 spiro atoms. The molecule has 0 aliphatic carbocycles. The third-order valence-electron chi connectivity index (χ3n) is 1.73. The number of ketones is 1. The molecule has 0 bridgehead atoms. The van der Waals surface area contributed by atoms with Gasteiger partial charge in [-0.2, -0.15) is 4.79 Å². The summed E-state index contributed by atoms with van der Waals surface area (Å²) in [4.78, 5) is 13.4. The lowest BCUT2D eigenvalue weighted by Crippen LogP contribution is -1.98. The Morgan fingerprint density at radius 2 is 2.00 bits per heavy atom. The van der Waals surface area contributed by atoms with Crippen LogP contribution in [0, 0.1) is 0 Å². The molecule has 68 valence electrons. The van der Waals surface area contributed by atoms with E-state index in [1.165, 1.54) is 19.3 Å². The molecule has 3 heteroatoms. The van der Waals surface area contributed by atoms with E-state index in [4.69, 9.17) is 5.53 Å². The molecule has 0 aromatic carbocycles. The second kappa shape index (κ2) is 8.15. The molecule has 0 rings (SSSR count). The summed E-state index contributed by atoms with van der Waals surface area (Å²) in [5, 5.41) is 0. The fraction of sp³-hybridized carbons (Fsp3) is 0.778. The number of hydrogen-bond donors (Lipinski definition) is 0. The third kappa shape index (κ3) is 7.16. The number of unbranched alkanes of at least 4 members (excludes halogenated alkanes) is 4. The number of nitrogens with zero attached hydrogens (tertiary/aromatic N) is 2. The van der Waals surface area contributed by atoms with Gasteiger partial charge in [-0.15, -0.1) is 0 Å². The van der Waals surface area contributed by atoms with Crippen LogP contribution in [0.25, 0.3) is 5.53 Å². The number of Topliss-reactive ketones (excluding diaryl/α,β-unsaturated/α-hetero) is 1. The first-order valence-corrected chi connectivity index (χ1v) is 4.51. The SMILES string of the molecule is CCCCCCCC(=O)C=[N+]=[N-]. The van der Waals surface area contributed by atoms with Gasteiger partial charge in [0.1, 0.15) is 0 Å². The minimum absolute atomic E-state index is 0.0889. The fourth-order valence-corrected chi connectivity index (χ4v) is 1.03. The molecule has 0 aliphatic rings.